The van der Waals surface area contributed by atoms with Gasteiger partial charge in [-0.25, -0.2) is 0 Å². The van der Waals surface area contributed by atoms with Crippen molar-refractivity contribution in [3.05, 3.63) is 41.2 Å². The molecule has 0 aliphatic rings. The second-order valence-electron chi connectivity index (χ2n) is 3.86. The van der Waals surface area contributed by atoms with Crippen molar-refractivity contribution >= 4 is 17.7 Å². The van der Waals surface area contributed by atoms with Crippen LogP contribution in [0, 0.1) is 0 Å². The number of hydrogen-bond donors (Lipinski definition) is 1. The van der Waals surface area contributed by atoms with Crippen LogP contribution in [0.3, 0.4) is 0 Å². The number of aliphatic hydroxyl groups excluding tert-OH is 1. The molecule has 0 amide bonds. The van der Waals surface area contributed by atoms with Gasteiger partial charge in [-0.2, -0.15) is 13.2 Å². The van der Waals surface area contributed by atoms with E-state index in [2.05, 4.69) is 4.99 Å². The van der Waals surface area contributed by atoms with Crippen LogP contribution in [0.4, 0.5) is 18.9 Å². The van der Waals surface area contributed by atoms with Crippen LogP contribution in [0.1, 0.15) is 19.4 Å². The van der Waals surface area contributed by atoms with Gasteiger partial charge in [-0.05, 0) is 38.1 Å². The molecule has 1 aromatic carbocycles. The second-order valence-corrected chi connectivity index (χ2v) is 3.86. The maximum absolute atomic E-state index is 12.3. The maximum Gasteiger partial charge on any atom is 0.416 e. The predicted octanol–water partition coefficient (Wildman–Crippen LogP) is 3.83. The minimum Gasteiger partial charge on any atom is -0.512 e. The smallest absolute Gasteiger partial charge is 0.416 e. The van der Waals surface area contributed by atoms with E-state index in [0.717, 1.165) is 18.3 Å². The van der Waals surface area contributed by atoms with Crippen LogP contribution in [0.15, 0.2) is 40.6 Å². The zero-order valence-corrected chi connectivity index (χ0v) is 10.3. The van der Waals surface area contributed by atoms with Gasteiger partial charge >= 0.3 is 6.18 Å². The molecule has 0 atom stereocenters. The van der Waals surface area contributed by atoms with E-state index in [1.54, 1.807) is 0 Å². The lowest BCUT2D eigenvalue weighted by atomic mass is 10.1. The van der Waals surface area contributed by atoms with Crippen LogP contribution in [0.5, 0.6) is 0 Å². The van der Waals surface area contributed by atoms with Gasteiger partial charge in [0.15, 0.2) is 5.78 Å². The van der Waals surface area contributed by atoms with E-state index in [-0.39, 0.29) is 22.8 Å². The summed E-state index contributed by atoms with van der Waals surface area (Å²) in [5.74, 6) is -0.571. The van der Waals surface area contributed by atoms with E-state index in [0.29, 0.717) is 0 Å². The summed E-state index contributed by atoms with van der Waals surface area (Å²) in [5.41, 5.74) is -0.500. The highest BCUT2D eigenvalue weighted by Crippen LogP contribution is 2.30. The van der Waals surface area contributed by atoms with E-state index in [1.807, 2.05) is 0 Å². The number of benzene rings is 1. The normalized spacial score (nSPS) is 13.5. The summed E-state index contributed by atoms with van der Waals surface area (Å²) in [5, 5.41) is 9.23. The fourth-order valence-corrected chi connectivity index (χ4v) is 1.31. The van der Waals surface area contributed by atoms with E-state index < -0.39 is 11.7 Å². The van der Waals surface area contributed by atoms with Crippen molar-refractivity contribution in [1.29, 1.82) is 0 Å². The molecular weight excluding hydrogens is 259 g/mol. The van der Waals surface area contributed by atoms with Gasteiger partial charge in [-0.3, -0.25) is 9.79 Å². The Hall–Kier alpha value is -2.11. The molecule has 0 radical (unpaired) electrons. The molecule has 0 aliphatic carbocycles. The minimum atomic E-state index is -4.39. The number of alkyl halides is 3. The molecule has 0 fully saturated rings. The number of aliphatic hydroxyl groups is 1. The highest BCUT2D eigenvalue weighted by atomic mass is 19.4. The minimum absolute atomic E-state index is 0.0138. The number of halogens is 3. The summed E-state index contributed by atoms with van der Waals surface area (Å²) >= 11 is 0. The Labute approximate surface area is 108 Å². The highest BCUT2D eigenvalue weighted by Gasteiger charge is 2.29. The average molecular weight is 271 g/mol. The number of aliphatic imine (C=N–C) groups is 1. The summed E-state index contributed by atoms with van der Waals surface area (Å²) in [7, 11) is 0. The number of Topliss-reactive ketones (excluding diaryl/α,β-unsaturated/α-hetero) is 1. The average Bonchev–Trinajstić information content (AvgIpc) is 2.27. The number of allylic oxidation sites excluding steroid dienone is 2. The van der Waals surface area contributed by atoms with Crippen molar-refractivity contribution in [2.24, 2.45) is 4.99 Å². The number of ketones is 1. The quantitative estimate of drug-likeness (QED) is 0.516. The highest BCUT2D eigenvalue weighted by molar-refractivity contribution is 6.12. The molecule has 0 aromatic heterocycles. The first kappa shape index (κ1) is 14.9. The first-order valence-corrected chi connectivity index (χ1v) is 5.34. The Kier molecular flexibility index (Phi) is 4.47. The summed E-state index contributed by atoms with van der Waals surface area (Å²) < 4.78 is 37.0. The third-order valence-electron chi connectivity index (χ3n) is 2.31. The number of nitrogens with zero attached hydrogens (tertiary/aromatic N) is 1. The van der Waals surface area contributed by atoms with Crippen LogP contribution in [-0.2, 0) is 11.0 Å². The molecule has 0 unspecified atom stereocenters. The van der Waals surface area contributed by atoms with Gasteiger partial charge in [0, 0.05) is 6.21 Å². The van der Waals surface area contributed by atoms with Gasteiger partial charge in [-0.1, -0.05) is 0 Å². The molecule has 0 aliphatic heterocycles. The molecule has 19 heavy (non-hydrogen) atoms. The van der Waals surface area contributed by atoms with E-state index in [9.17, 15) is 23.1 Å². The standard InChI is InChI=1S/C13H12F3NO2/c1-8(18)12(9(2)19)7-17-11-5-3-10(4-6-11)13(14,15)16/h3-7,18H,1-2H3. The lowest BCUT2D eigenvalue weighted by molar-refractivity contribution is -0.137. The van der Waals surface area contributed by atoms with Crippen LogP contribution in [0.25, 0.3) is 0 Å². The van der Waals surface area contributed by atoms with E-state index in [1.165, 1.54) is 26.0 Å². The zero-order chi connectivity index (χ0) is 14.6. The third-order valence-corrected chi connectivity index (χ3v) is 2.31. The van der Waals surface area contributed by atoms with Crippen molar-refractivity contribution in [3.8, 4) is 0 Å². The van der Waals surface area contributed by atoms with Gasteiger partial charge in [0.2, 0.25) is 0 Å². The number of carbonyl (C=O) groups is 1. The molecular formula is C13H12F3NO2. The molecule has 6 heteroatoms. The van der Waals surface area contributed by atoms with Crippen molar-refractivity contribution in [2.75, 3.05) is 0 Å². The zero-order valence-electron chi connectivity index (χ0n) is 10.3. The van der Waals surface area contributed by atoms with Crippen molar-refractivity contribution in [1.82, 2.24) is 0 Å². The topological polar surface area (TPSA) is 49.7 Å². The molecule has 0 bridgehead atoms. The first-order valence-electron chi connectivity index (χ1n) is 5.34. The largest absolute Gasteiger partial charge is 0.512 e. The predicted molar refractivity (Wildman–Crippen MR) is 65.6 cm³/mol. The SMILES string of the molecule is CC(=O)C(C=Nc1ccc(C(F)(F)F)cc1)=C(C)O. The Morgan fingerprint density at radius 3 is 2.11 bits per heavy atom. The van der Waals surface area contributed by atoms with Crippen molar-refractivity contribution < 1.29 is 23.1 Å². The van der Waals surface area contributed by atoms with Gasteiger partial charge in [0.25, 0.3) is 0 Å². The molecule has 1 rings (SSSR count). The van der Waals surface area contributed by atoms with Crippen LogP contribution >= 0.6 is 0 Å². The molecule has 1 N–H and O–H groups in total. The van der Waals surface area contributed by atoms with Crippen LogP contribution in [0.2, 0.25) is 0 Å². The van der Waals surface area contributed by atoms with Gasteiger partial charge in [0.05, 0.1) is 16.8 Å². The second kappa shape index (κ2) is 5.69. The molecule has 0 saturated carbocycles. The monoisotopic (exact) mass is 271 g/mol. The lowest BCUT2D eigenvalue weighted by Gasteiger charge is -2.05. The third kappa shape index (κ3) is 4.24. The van der Waals surface area contributed by atoms with E-state index in [4.69, 9.17) is 0 Å². The Morgan fingerprint density at radius 2 is 1.74 bits per heavy atom. The molecule has 102 valence electrons. The summed E-state index contributed by atoms with van der Waals surface area (Å²) in [6.07, 6.45) is -3.27. The number of rotatable bonds is 3. The summed E-state index contributed by atoms with van der Waals surface area (Å²) in [6.45, 7) is 2.59. The van der Waals surface area contributed by atoms with Gasteiger partial charge in [-0.15, -0.1) is 0 Å². The fourth-order valence-electron chi connectivity index (χ4n) is 1.31. The number of carbonyl (C=O) groups excluding carboxylic acids is 1. The number of hydrogen-bond acceptors (Lipinski definition) is 3. The molecule has 0 spiro atoms. The Balaban J connectivity index is 2.96. The summed E-state index contributed by atoms with van der Waals surface area (Å²) in [6, 6.07) is 4.17. The molecule has 0 saturated heterocycles. The van der Waals surface area contributed by atoms with Crippen LogP contribution < -0.4 is 0 Å². The summed E-state index contributed by atoms with van der Waals surface area (Å²) in [4.78, 5) is 15.0. The maximum atomic E-state index is 12.3. The van der Waals surface area contributed by atoms with Gasteiger partial charge < -0.3 is 5.11 Å². The fraction of sp³-hybridized carbons (Fsp3) is 0.231. The van der Waals surface area contributed by atoms with Crippen molar-refractivity contribution in [2.45, 2.75) is 20.0 Å². The lowest BCUT2D eigenvalue weighted by Crippen LogP contribution is -2.03. The Morgan fingerprint density at radius 1 is 1.21 bits per heavy atom. The molecule has 0 heterocycles. The molecule has 3 nitrogen and oxygen atoms in total. The Bertz CT molecular complexity index is 524. The van der Waals surface area contributed by atoms with Crippen LogP contribution in [-0.4, -0.2) is 17.1 Å². The first-order chi connectivity index (χ1) is 8.71. The molecule has 1 aromatic rings. The van der Waals surface area contributed by atoms with E-state index >= 15 is 0 Å². The van der Waals surface area contributed by atoms with Gasteiger partial charge in [0.1, 0.15) is 5.76 Å². The van der Waals surface area contributed by atoms with Crippen molar-refractivity contribution in [3.63, 3.8) is 0 Å².